The maximum absolute atomic E-state index is 13.5. The van der Waals surface area contributed by atoms with E-state index in [1.807, 2.05) is 83.5 Å². The molecule has 33 heavy (non-hydrogen) atoms. The number of benzene rings is 3. The van der Waals surface area contributed by atoms with E-state index in [-0.39, 0.29) is 11.9 Å². The summed E-state index contributed by atoms with van der Waals surface area (Å²) < 4.78 is 1.86. The lowest BCUT2D eigenvalue weighted by Gasteiger charge is -2.33. The second kappa shape index (κ2) is 9.29. The van der Waals surface area contributed by atoms with Gasteiger partial charge in [0.05, 0.1) is 6.04 Å². The van der Waals surface area contributed by atoms with Gasteiger partial charge in [-0.05, 0) is 35.7 Å². The fraction of sp³-hybridized carbons (Fsp3) is 0.160. The Morgan fingerprint density at radius 3 is 2.52 bits per heavy atom. The molecule has 8 heteroatoms. The molecule has 6 nitrogen and oxygen atoms in total. The Hall–Kier alpha value is -3.29. The number of amides is 1. The van der Waals surface area contributed by atoms with Crippen LogP contribution >= 0.6 is 23.4 Å². The van der Waals surface area contributed by atoms with Crippen molar-refractivity contribution in [3.8, 4) is 11.4 Å². The van der Waals surface area contributed by atoms with Gasteiger partial charge in [-0.3, -0.25) is 4.79 Å². The Morgan fingerprint density at radius 1 is 1.03 bits per heavy atom. The van der Waals surface area contributed by atoms with Crippen LogP contribution in [0.3, 0.4) is 0 Å². The van der Waals surface area contributed by atoms with Crippen LogP contribution in [0.1, 0.15) is 24.1 Å². The second-order valence-electron chi connectivity index (χ2n) is 7.70. The van der Waals surface area contributed by atoms with E-state index in [1.165, 1.54) is 11.8 Å². The van der Waals surface area contributed by atoms with E-state index in [9.17, 15) is 4.79 Å². The van der Waals surface area contributed by atoms with E-state index in [1.54, 1.807) is 0 Å². The van der Waals surface area contributed by atoms with Gasteiger partial charge in [0.2, 0.25) is 11.1 Å². The summed E-state index contributed by atoms with van der Waals surface area (Å²) in [5.41, 5.74) is 7.31. The second-order valence-corrected chi connectivity index (χ2v) is 9.25. The number of carbonyl (C=O) groups excluding carboxylic acids is 1. The van der Waals surface area contributed by atoms with Crippen molar-refractivity contribution in [1.82, 2.24) is 14.9 Å². The quantitative estimate of drug-likeness (QED) is 0.395. The molecule has 1 aliphatic rings. The van der Waals surface area contributed by atoms with E-state index in [0.29, 0.717) is 16.0 Å². The average molecular weight is 476 g/mol. The van der Waals surface area contributed by atoms with E-state index in [4.69, 9.17) is 11.6 Å². The van der Waals surface area contributed by atoms with E-state index in [2.05, 4.69) is 27.9 Å². The number of aryl methyl sites for hydroxylation is 1. The Kier molecular flexibility index (Phi) is 6.07. The van der Waals surface area contributed by atoms with Gasteiger partial charge in [-0.1, -0.05) is 91.0 Å². The Labute approximate surface area is 201 Å². The van der Waals surface area contributed by atoms with Crippen LogP contribution in [0, 0.1) is 0 Å². The molecule has 0 spiro atoms. The molecule has 1 amide bonds. The molecule has 166 valence electrons. The summed E-state index contributed by atoms with van der Waals surface area (Å²) in [4.78, 5) is 13.5. The topological polar surface area (TPSA) is 71.8 Å². The number of carbonyl (C=O) groups is 1. The summed E-state index contributed by atoms with van der Waals surface area (Å²) >= 11 is 7.53. The molecule has 0 fully saturated rings. The van der Waals surface area contributed by atoms with E-state index in [0.717, 1.165) is 28.8 Å². The molecule has 4 aromatic rings. The minimum Gasteiger partial charge on any atom is -0.325 e. The zero-order valence-corrected chi connectivity index (χ0v) is 19.5. The standard InChI is InChI=1S/C25H22ClN5OS/c1-2-16-8-6-7-11-20(16)27-24(32)22-21(17-12-14-19(26)15-13-17)30-31-23(28-29-25(31)33-22)18-9-4-3-5-10-18/h3-15,21-22,30H,2H2,1H3,(H,27,32)/t21-,22-/m1/s1. The van der Waals surface area contributed by atoms with Gasteiger partial charge in [-0.25, -0.2) is 4.68 Å². The number of halogens is 1. The zero-order chi connectivity index (χ0) is 22.8. The maximum atomic E-state index is 13.5. The summed E-state index contributed by atoms with van der Waals surface area (Å²) in [6.45, 7) is 2.08. The highest BCUT2D eigenvalue weighted by Crippen LogP contribution is 2.39. The number of hydrogen-bond donors (Lipinski definition) is 2. The minimum atomic E-state index is -0.462. The molecule has 2 atom stereocenters. The van der Waals surface area contributed by atoms with E-state index >= 15 is 0 Å². The number of hydrogen-bond acceptors (Lipinski definition) is 5. The lowest BCUT2D eigenvalue weighted by Crippen LogP contribution is -2.41. The summed E-state index contributed by atoms with van der Waals surface area (Å²) in [6.07, 6.45) is 0.835. The van der Waals surface area contributed by atoms with Crippen molar-refractivity contribution in [3.63, 3.8) is 0 Å². The highest BCUT2D eigenvalue weighted by molar-refractivity contribution is 8.00. The van der Waals surface area contributed by atoms with Gasteiger partial charge >= 0.3 is 0 Å². The first-order valence-electron chi connectivity index (χ1n) is 10.7. The van der Waals surface area contributed by atoms with Crippen LogP contribution in [0.4, 0.5) is 5.69 Å². The van der Waals surface area contributed by atoms with Gasteiger partial charge in [-0.2, -0.15) is 0 Å². The monoisotopic (exact) mass is 475 g/mol. The fourth-order valence-electron chi connectivity index (χ4n) is 3.90. The Balaban J connectivity index is 1.52. The van der Waals surface area contributed by atoms with Crippen LogP contribution in [0.5, 0.6) is 0 Å². The number of anilines is 1. The van der Waals surface area contributed by atoms with Gasteiger partial charge in [0.15, 0.2) is 5.82 Å². The number of aromatic nitrogens is 3. The summed E-state index contributed by atoms with van der Waals surface area (Å²) in [5, 5.41) is 12.7. The molecule has 0 unspecified atom stereocenters. The molecule has 1 aromatic heterocycles. The zero-order valence-electron chi connectivity index (χ0n) is 17.9. The van der Waals surface area contributed by atoms with Crippen molar-refractivity contribution in [3.05, 3.63) is 95.0 Å². The number of para-hydroxylation sites is 1. The number of nitrogens with zero attached hydrogens (tertiary/aromatic N) is 3. The SMILES string of the molecule is CCc1ccccc1NC(=O)[C@@H]1Sc2nnc(-c3ccccc3)n2N[C@@H]1c1ccc(Cl)cc1. The molecular formula is C25H22ClN5OS. The predicted molar refractivity (Wildman–Crippen MR) is 133 cm³/mol. The first-order chi connectivity index (χ1) is 16.1. The molecule has 0 saturated carbocycles. The lowest BCUT2D eigenvalue weighted by molar-refractivity contribution is -0.116. The normalized spacial score (nSPS) is 17.2. The fourth-order valence-corrected chi connectivity index (χ4v) is 5.11. The maximum Gasteiger partial charge on any atom is 0.240 e. The predicted octanol–water partition coefficient (Wildman–Crippen LogP) is 5.56. The van der Waals surface area contributed by atoms with E-state index < -0.39 is 5.25 Å². The van der Waals surface area contributed by atoms with Gasteiger partial charge < -0.3 is 10.7 Å². The van der Waals surface area contributed by atoms with Crippen LogP contribution < -0.4 is 10.7 Å². The van der Waals surface area contributed by atoms with Crippen LogP contribution in [0.2, 0.25) is 5.02 Å². The van der Waals surface area contributed by atoms with Gasteiger partial charge in [0.25, 0.3) is 0 Å². The molecule has 5 rings (SSSR count). The van der Waals surface area contributed by atoms with Crippen molar-refractivity contribution in [1.29, 1.82) is 0 Å². The molecule has 0 saturated heterocycles. The number of nitrogens with one attached hydrogen (secondary N) is 2. The summed E-state index contributed by atoms with van der Waals surface area (Å²) in [7, 11) is 0. The first kappa shape index (κ1) is 21.6. The third-order valence-electron chi connectivity index (χ3n) is 5.61. The summed E-state index contributed by atoms with van der Waals surface area (Å²) in [5.74, 6) is 0.608. The number of rotatable bonds is 5. The molecule has 3 aromatic carbocycles. The highest BCUT2D eigenvalue weighted by Gasteiger charge is 2.38. The van der Waals surface area contributed by atoms with Crippen molar-refractivity contribution in [2.45, 2.75) is 29.8 Å². The molecule has 2 heterocycles. The van der Waals surface area contributed by atoms with Gasteiger partial charge in [-0.15, -0.1) is 10.2 Å². The van der Waals surface area contributed by atoms with Crippen LogP contribution in [-0.2, 0) is 11.2 Å². The highest BCUT2D eigenvalue weighted by atomic mass is 35.5. The number of fused-ring (bicyclic) bond motifs is 1. The third kappa shape index (κ3) is 4.34. The first-order valence-corrected chi connectivity index (χ1v) is 12.0. The molecule has 0 aliphatic carbocycles. The third-order valence-corrected chi connectivity index (χ3v) is 7.08. The van der Waals surface area contributed by atoms with Crippen LogP contribution in [0.15, 0.2) is 84.0 Å². The van der Waals surface area contributed by atoms with Crippen molar-refractivity contribution in [2.24, 2.45) is 0 Å². The van der Waals surface area contributed by atoms with Crippen molar-refractivity contribution in [2.75, 3.05) is 10.7 Å². The number of thioether (sulfide) groups is 1. The van der Waals surface area contributed by atoms with Gasteiger partial charge in [0.1, 0.15) is 5.25 Å². The van der Waals surface area contributed by atoms with Crippen molar-refractivity contribution >= 4 is 35.0 Å². The average Bonchev–Trinajstić information content (AvgIpc) is 3.27. The molecule has 0 radical (unpaired) electrons. The molecule has 2 N–H and O–H groups in total. The minimum absolute atomic E-state index is 0.0936. The summed E-state index contributed by atoms with van der Waals surface area (Å²) in [6, 6.07) is 25.0. The van der Waals surface area contributed by atoms with Crippen LogP contribution in [-0.4, -0.2) is 26.0 Å². The molecule has 0 bridgehead atoms. The van der Waals surface area contributed by atoms with Crippen LogP contribution in [0.25, 0.3) is 11.4 Å². The van der Waals surface area contributed by atoms with Gasteiger partial charge in [0, 0.05) is 16.3 Å². The largest absolute Gasteiger partial charge is 0.325 e. The molecular weight excluding hydrogens is 454 g/mol. The Morgan fingerprint density at radius 2 is 1.76 bits per heavy atom. The molecule has 1 aliphatic heterocycles. The Bertz CT molecular complexity index is 1280. The van der Waals surface area contributed by atoms with Crippen molar-refractivity contribution < 1.29 is 4.79 Å². The lowest BCUT2D eigenvalue weighted by atomic mass is 10.0. The smallest absolute Gasteiger partial charge is 0.240 e.